The van der Waals surface area contributed by atoms with Crippen molar-refractivity contribution in [2.75, 3.05) is 13.2 Å². The molecule has 0 saturated carbocycles. The molecule has 2 aliphatic rings. The first-order valence-corrected chi connectivity index (χ1v) is 25.5. The minimum Gasteiger partial charge on any atom is -0.657 e. The number of ether oxygens (including phenoxy) is 2. The van der Waals surface area contributed by atoms with Gasteiger partial charge in [0.1, 0.15) is 23.1 Å². The van der Waals surface area contributed by atoms with Crippen molar-refractivity contribution in [2.24, 2.45) is 0 Å². The largest absolute Gasteiger partial charge is 2.00 e. The summed E-state index contributed by atoms with van der Waals surface area (Å²) >= 11 is 0. The minimum atomic E-state index is 0. The first-order chi connectivity index (χ1) is 34.8. The standard InChI is InChI=1S/C64H64N4O4.Ni/c1-39-35-41(3)59(42(4)36-39)63-53-29-25-49(65-53)61(47-21-13-15-23-57(47)71-33-17-9-11-19-45(7)69)51-27-31-55(67-51)64(60-43(5)37-40(2)38-44(60)6)56-32-28-52(68-56)62(50-26-30-54(63)66-50)48-22-14-16-24-58(48)72-34-18-10-12-20-46(8)70;/h13-16,21-32,35-38H,9-12,17-20,33-34H2,1-8H3;/q-2;+2. The third kappa shape index (κ3) is 11.6. The minimum absolute atomic E-state index is 0. The Morgan fingerprint density at radius 1 is 0.425 bits per heavy atom. The monoisotopic (exact) mass is 1010 g/mol. The molecule has 4 aromatic carbocycles. The van der Waals surface area contributed by atoms with Crippen LogP contribution in [-0.2, 0) is 26.1 Å². The van der Waals surface area contributed by atoms with E-state index < -0.39 is 0 Å². The number of carbonyl (C=O) groups is 2. The van der Waals surface area contributed by atoms with E-state index in [4.69, 9.17) is 29.4 Å². The van der Waals surface area contributed by atoms with Crippen molar-refractivity contribution >= 4 is 57.9 Å². The second-order valence-electron chi connectivity index (χ2n) is 19.6. The van der Waals surface area contributed by atoms with Crippen molar-refractivity contribution < 1.29 is 35.6 Å². The number of carbonyl (C=O) groups excluding carboxylic acids is 2. The third-order valence-electron chi connectivity index (χ3n) is 13.6. The molecule has 8 nitrogen and oxygen atoms in total. The summed E-state index contributed by atoms with van der Waals surface area (Å²) in [6.45, 7) is 17.3. The molecule has 8 bridgehead atoms. The van der Waals surface area contributed by atoms with Crippen LogP contribution in [0.3, 0.4) is 0 Å². The number of Topliss-reactive ketones (excluding diaryl/α,β-unsaturated/α-hetero) is 2. The van der Waals surface area contributed by atoms with Gasteiger partial charge in [-0.2, -0.15) is 0 Å². The average Bonchev–Trinajstić information content (AvgIpc) is 4.19. The summed E-state index contributed by atoms with van der Waals surface area (Å²) in [4.78, 5) is 45.6. The van der Waals surface area contributed by atoms with Crippen molar-refractivity contribution in [3.8, 4) is 56.0 Å². The molecular formula is C64H64N4NiO4. The molecule has 3 aromatic heterocycles. The molecule has 9 rings (SSSR count). The molecule has 7 aromatic rings. The molecular weight excluding hydrogens is 947 g/mol. The molecule has 0 spiro atoms. The van der Waals surface area contributed by atoms with Crippen LogP contribution in [0.15, 0.2) is 97.1 Å². The molecule has 9 heteroatoms. The molecule has 2 aliphatic heterocycles. The molecule has 0 unspecified atom stereocenters. The summed E-state index contributed by atoms with van der Waals surface area (Å²) in [5.74, 6) is 1.92. The Morgan fingerprint density at radius 3 is 1.11 bits per heavy atom. The van der Waals surface area contributed by atoms with Gasteiger partial charge in [0.25, 0.3) is 0 Å². The van der Waals surface area contributed by atoms with Crippen molar-refractivity contribution in [1.29, 1.82) is 0 Å². The van der Waals surface area contributed by atoms with Crippen LogP contribution in [0.25, 0.3) is 90.9 Å². The zero-order valence-corrected chi connectivity index (χ0v) is 44.3. The van der Waals surface area contributed by atoms with E-state index >= 15 is 0 Å². The Bertz CT molecular complexity index is 3190. The SMILES string of the molecule is CC(=O)CCCCCOc1ccccc1-c1c2nc(c(-c3c(C)cc(C)cc3C)c3ccc([n-]3)c(-c3ccccc3OCCCCCC(C)=O)c3nc(c(-c4c(C)cc(C)cc4C)c4ccc1[n-]4)C=C3)C=C2.[Ni+2]. The third-order valence-corrected chi connectivity index (χ3v) is 13.6. The van der Waals surface area contributed by atoms with Crippen LogP contribution in [0.5, 0.6) is 11.5 Å². The maximum atomic E-state index is 11.7. The molecule has 5 heterocycles. The van der Waals surface area contributed by atoms with E-state index in [1.165, 1.54) is 11.1 Å². The molecule has 0 saturated heterocycles. The van der Waals surface area contributed by atoms with Crippen LogP contribution in [0, 0.1) is 41.5 Å². The maximum absolute atomic E-state index is 11.7. The second kappa shape index (κ2) is 23.2. The first-order valence-electron chi connectivity index (χ1n) is 25.5. The Hall–Kier alpha value is -7.09. The number of ketones is 2. The van der Waals surface area contributed by atoms with E-state index in [9.17, 15) is 9.59 Å². The van der Waals surface area contributed by atoms with Gasteiger partial charge >= 0.3 is 16.5 Å². The number of rotatable bonds is 18. The number of aryl methyl sites for hydroxylation is 6. The van der Waals surface area contributed by atoms with Crippen molar-refractivity contribution in [1.82, 2.24) is 19.9 Å². The Balaban J connectivity index is 0.00000711. The normalized spacial score (nSPS) is 11.7. The molecule has 0 fully saturated rings. The van der Waals surface area contributed by atoms with Gasteiger partial charge in [-0.05, 0) is 186 Å². The number of para-hydroxylation sites is 2. The summed E-state index contributed by atoms with van der Waals surface area (Å²) in [6, 6.07) is 33.7. The Kier molecular flexibility index (Phi) is 16.6. The predicted molar refractivity (Wildman–Crippen MR) is 296 cm³/mol. The van der Waals surface area contributed by atoms with Crippen LogP contribution in [-0.4, -0.2) is 34.7 Å². The fourth-order valence-corrected chi connectivity index (χ4v) is 10.6. The molecule has 0 radical (unpaired) electrons. The average molecular weight is 1010 g/mol. The van der Waals surface area contributed by atoms with Gasteiger partial charge in [-0.1, -0.05) is 96.1 Å². The van der Waals surface area contributed by atoms with E-state index in [-0.39, 0.29) is 28.1 Å². The number of hydrogen-bond donors (Lipinski definition) is 0. The summed E-state index contributed by atoms with van der Waals surface area (Å²) in [7, 11) is 0. The van der Waals surface area contributed by atoms with E-state index in [0.717, 1.165) is 162 Å². The van der Waals surface area contributed by atoms with Gasteiger partial charge in [-0.15, -0.1) is 22.1 Å². The van der Waals surface area contributed by atoms with Gasteiger partial charge in [-0.25, -0.2) is 9.97 Å². The van der Waals surface area contributed by atoms with E-state index in [0.29, 0.717) is 26.1 Å². The fourth-order valence-electron chi connectivity index (χ4n) is 10.6. The van der Waals surface area contributed by atoms with Crippen LogP contribution >= 0.6 is 0 Å². The van der Waals surface area contributed by atoms with Crippen LogP contribution < -0.4 is 19.4 Å². The number of benzene rings is 4. The van der Waals surface area contributed by atoms with Crippen molar-refractivity contribution in [3.05, 3.63) is 153 Å². The second-order valence-corrected chi connectivity index (χ2v) is 19.6. The fraction of sp³-hybridized carbons (Fsp3) is 0.281. The Morgan fingerprint density at radius 2 is 0.753 bits per heavy atom. The number of unbranched alkanes of at least 4 members (excludes halogenated alkanes) is 4. The van der Waals surface area contributed by atoms with Gasteiger partial charge in [0.05, 0.1) is 36.0 Å². The van der Waals surface area contributed by atoms with Gasteiger partial charge in [0.15, 0.2) is 0 Å². The summed E-state index contributed by atoms with van der Waals surface area (Å²) in [5, 5.41) is 0. The number of aromatic nitrogens is 4. The van der Waals surface area contributed by atoms with Crippen LogP contribution in [0.4, 0.5) is 0 Å². The zero-order chi connectivity index (χ0) is 50.5. The molecule has 0 N–H and O–H groups in total. The first kappa shape index (κ1) is 52.2. The van der Waals surface area contributed by atoms with Gasteiger partial charge in [0, 0.05) is 24.0 Å². The number of hydrogen-bond acceptors (Lipinski definition) is 6. The van der Waals surface area contributed by atoms with Crippen molar-refractivity contribution in [3.63, 3.8) is 0 Å². The summed E-state index contributed by atoms with van der Waals surface area (Å²) < 4.78 is 13.2. The molecule has 374 valence electrons. The van der Waals surface area contributed by atoms with Gasteiger partial charge in [0.2, 0.25) is 0 Å². The van der Waals surface area contributed by atoms with Gasteiger partial charge < -0.3 is 29.0 Å². The predicted octanol–water partition coefficient (Wildman–Crippen LogP) is 15.5. The quantitative estimate of drug-likeness (QED) is 0.0618. The number of nitrogens with zero attached hydrogens (tertiary/aromatic N) is 4. The maximum Gasteiger partial charge on any atom is 2.00 e. The van der Waals surface area contributed by atoms with Crippen LogP contribution in [0.2, 0.25) is 0 Å². The topological polar surface area (TPSA) is 107 Å². The van der Waals surface area contributed by atoms with Crippen LogP contribution in [0.1, 0.15) is 121 Å². The van der Waals surface area contributed by atoms with Crippen molar-refractivity contribution in [2.45, 2.75) is 107 Å². The smallest absolute Gasteiger partial charge is 0.657 e. The zero-order valence-electron chi connectivity index (χ0n) is 43.4. The molecule has 0 amide bonds. The van der Waals surface area contributed by atoms with Gasteiger partial charge in [-0.3, -0.25) is 0 Å². The molecule has 0 aliphatic carbocycles. The van der Waals surface area contributed by atoms with E-state index in [1.807, 2.05) is 36.4 Å². The summed E-state index contributed by atoms with van der Waals surface area (Å²) in [5.41, 5.74) is 20.7. The molecule has 0 atom stereocenters. The molecule has 73 heavy (non-hydrogen) atoms. The summed E-state index contributed by atoms with van der Waals surface area (Å²) in [6.07, 6.45) is 14.8. The van der Waals surface area contributed by atoms with E-state index in [1.54, 1.807) is 13.8 Å². The Labute approximate surface area is 440 Å². The number of fused-ring (bicyclic) bond motifs is 8. The van der Waals surface area contributed by atoms with E-state index in [2.05, 4.69) is 127 Å².